The van der Waals surface area contributed by atoms with Crippen LogP contribution in [0.25, 0.3) is 0 Å². The highest BCUT2D eigenvalue weighted by molar-refractivity contribution is 9.10. The van der Waals surface area contributed by atoms with Gasteiger partial charge in [0.25, 0.3) is 0 Å². The van der Waals surface area contributed by atoms with Crippen molar-refractivity contribution in [1.29, 1.82) is 0 Å². The third kappa shape index (κ3) is 2.96. The maximum atomic E-state index is 14.1. The van der Waals surface area contributed by atoms with Crippen molar-refractivity contribution in [1.82, 2.24) is 5.32 Å². The summed E-state index contributed by atoms with van der Waals surface area (Å²) in [6.07, 6.45) is 5.15. The predicted molar refractivity (Wildman–Crippen MR) is 123 cm³/mol. The van der Waals surface area contributed by atoms with Gasteiger partial charge in [-0.25, -0.2) is 4.39 Å². The van der Waals surface area contributed by atoms with Crippen molar-refractivity contribution in [3.8, 4) is 11.5 Å². The average Bonchev–Trinajstić information content (AvgIpc) is 3.47. The number of benzene rings is 2. The molecule has 33 heavy (non-hydrogen) atoms. The topological polar surface area (TPSA) is 67.9 Å². The van der Waals surface area contributed by atoms with Crippen LogP contribution in [-0.4, -0.2) is 31.6 Å². The first-order valence-electron chi connectivity index (χ1n) is 10.9. The number of fused-ring (bicyclic) bond motifs is 5. The molecule has 168 valence electrons. The lowest BCUT2D eigenvalue weighted by atomic mass is 9.76. The Labute approximate surface area is 198 Å². The van der Waals surface area contributed by atoms with E-state index in [0.29, 0.717) is 30.9 Å². The van der Waals surface area contributed by atoms with Crippen LogP contribution >= 0.6 is 15.9 Å². The molecule has 3 aliphatic heterocycles. The lowest BCUT2D eigenvalue weighted by molar-refractivity contribution is -0.125. The summed E-state index contributed by atoms with van der Waals surface area (Å²) in [5.74, 6) is 0.277. The summed E-state index contributed by atoms with van der Waals surface area (Å²) < 4.78 is 26.5. The lowest BCUT2D eigenvalue weighted by Crippen LogP contribution is -2.46. The lowest BCUT2D eigenvalue weighted by Gasteiger charge is -2.23. The number of nitrogens with zero attached hydrogens (tertiary/aromatic N) is 1. The zero-order valence-corrected chi connectivity index (χ0v) is 19.2. The first-order chi connectivity index (χ1) is 16.0. The predicted octanol–water partition coefficient (Wildman–Crippen LogP) is 4.06. The van der Waals surface area contributed by atoms with Crippen molar-refractivity contribution in [2.75, 3.05) is 24.7 Å². The Morgan fingerprint density at radius 3 is 2.88 bits per heavy atom. The first kappa shape index (κ1) is 20.5. The molecular weight excluding hydrogens is 491 g/mol. The molecular formula is C25H20BrFN2O4. The Balaban J connectivity index is 1.39. The Kier molecular flexibility index (Phi) is 4.62. The fourth-order valence-electron chi connectivity index (χ4n) is 5.16. The van der Waals surface area contributed by atoms with Crippen LogP contribution in [0.15, 0.2) is 58.5 Å². The van der Waals surface area contributed by atoms with Crippen LogP contribution in [-0.2, 0) is 21.4 Å². The molecule has 3 heterocycles. The number of carbonyl (C=O) groups excluding carboxylic acids is 2. The number of nitrogens with one attached hydrogen (secondary N) is 1. The molecule has 6 rings (SSSR count). The van der Waals surface area contributed by atoms with Crippen molar-refractivity contribution in [2.24, 2.45) is 0 Å². The van der Waals surface area contributed by atoms with E-state index in [1.165, 1.54) is 11.0 Å². The van der Waals surface area contributed by atoms with Gasteiger partial charge in [0.05, 0.1) is 18.0 Å². The summed E-state index contributed by atoms with van der Waals surface area (Å²) in [6, 6.07) is 9.41. The molecule has 0 saturated heterocycles. The standard InChI is InChI=1S/C25H20BrFN2O4/c26-16-4-3-7-19-23(16)25(13-33-21-11-20-14(8-9-32-20)10-15(21)25)24(31)29(19)12-22(30)28-18-6-2-1-5-17(18)27/h3-7,10-11H,1-2,8-9,12-13H2,(H,28,30). The van der Waals surface area contributed by atoms with E-state index in [1.807, 2.05) is 30.3 Å². The van der Waals surface area contributed by atoms with Gasteiger partial charge in [-0.2, -0.15) is 0 Å². The number of allylic oxidation sites excluding steroid dienone is 3. The second kappa shape index (κ2) is 7.45. The van der Waals surface area contributed by atoms with Crippen molar-refractivity contribution >= 4 is 33.4 Å². The normalized spacial score (nSPS) is 22.2. The van der Waals surface area contributed by atoms with Crippen molar-refractivity contribution in [3.05, 3.63) is 75.2 Å². The molecule has 0 aromatic heterocycles. The number of ether oxygens (including phenoxy) is 2. The zero-order chi connectivity index (χ0) is 22.7. The molecule has 0 bridgehead atoms. The molecule has 0 fully saturated rings. The molecule has 0 saturated carbocycles. The van der Waals surface area contributed by atoms with Crippen LogP contribution in [0, 0.1) is 0 Å². The zero-order valence-electron chi connectivity index (χ0n) is 17.6. The fraction of sp³-hybridized carbons (Fsp3) is 0.280. The Morgan fingerprint density at radius 1 is 1.18 bits per heavy atom. The van der Waals surface area contributed by atoms with E-state index in [4.69, 9.17) is 9.47 Å². The number of amides is 2. The number of rotatable bonds is 3. The van der Waals surface area contributed by atoms with Gasteiger partial charge in [-0.05, 0) is 42.7 Å². The second-order valence-electron chi connectivity index (χ2n) is 8.57. The van der Waals surface area contributed by atoms with Crippen LogP contribution in [0.4, 0.5) is 10.1 Å². The molecule has 2 amide bonds. The van der Waals surface area contributed by atoms with Gasteiger partial charge >= 0.3 is 0 Å². The van der Waals surface area contributed by atoms with Gasteiger partial charge in [0, 0.05) is 28.1 Å². The maximum Gasteiger partial charge on any atom is 0.246 e. The van der Waals surface area contributed by atoms with Gasteiger partial charge in [-0.1, -0.05) is 28.1 Å². The summed E-state index contributed by atoms with van der Waals surface area (Å²) in [7, 11) is 0. The molecule has 2 aromatic carbocycles. The molecule has 1 unspecified atom stereocenters. The minimum Gasteiger partial charge on any atom is -0.493 e. The van der Waals surface area contributed by atoms with Crippen molar-refractivity contribution in [3.63, 3.8) is 0 Å². The van der Waals surface area contributed by atoms with Gasteiger partial charge < -0.3 is 19.7 Å². The fourth-order valence-corrected chi connectivity index (χ4v) is 5.85. The summed E-state index contributed by atoms with van der Waals surface area (Å²) >= 11 is 3.63. The number of halogens is 2. The molecule has 1 atom stereocenters. The van der Waals surface area contributed by atoms with E-state index in [9.17, 15) is 14.0 Å². The van der Waals surface area contributed by atoms with E-state index in [-0.39, 0.29) is 24.8 Å². The van der Waals surface area contributed by atoms with E-state index in [1.54, 1.807) is 6.08 Å². The van der Waals surface area contributed by atoms with Crippen LogP contribution in [0.1, 0.15) is 29.5 Å². The highest BCUT2D eigenvalue weighted by Crippen LogP contribution is 2.55. The molecule has 1 N–H and O–H groups in total. The van der Waals surface area contributed by atoms with Crippen LogP contribution < -0.4 is 19.7 Å². The van der Waals surface area contributed by atoms with Gasteiger partial charge in [0.2, 0.25) is 11.8 Å². The van der Waals surface area contributed by atoms with Crippen LogP contribution in [0.5, 0.6) is 11.5 Å². The van der Waals surface area contributed by atoms with E-state index >= 15 is 0 Å². The summed E-state index contributed by atoms with van der Waals surface area (Å²) in [5.41, 5.74) is 2.36. The highest BCUT2D eigenvalue weighted by atomic mass is 79.9. The molecule has 6 nitrogen and oxygen atoms in total. The third-order valence-electron chi connectivity index (χ3n) is 6.69. The van der Waals surface area contributed by atoms with Crippen LogP contribution in [0.3, 0.4) is 0 Å². The van der Waals surface area contributed by atoms with Gasteiger partial charge in [0.1, 0.15) is 35.9 Å². The molecule has 0 radical (unpaired) electrons. The van der Waals surface area contributed by atoms with Crippen molar-refractivity contribution < 1.29 is 23.5 Å². The Morgan fingerprint density at radius 2 is 2.03 bits per heavy atom. The van der Waals surface area contributed by atoms with Gasteiger partial charge in [-0.3, -0.25) is 9.59 Å². The van der Waals surface area contributed by atoms with Gasteiger partial charge in [0.15, 0.2) is 0 Å². The summed E-state index contributed by atoms with van der Waals surface area (Å²) in [6.45, 7) is 0.519. The molecule has 1 spiro atoms. The van der Waals surface area contributed by atoms with Gasteiger partial charge in [-0.15, -0.1) is 0 Å². The molecule has 2 aromatic rings. The molecule has 8 heteroatoms. The Hall–Kier alpha value is -3.13. The van der Waals surface area contributed by atoms with E-state index in [2.05, 4.69) is 21.2 Å². The Bertz CT molecular complexity index is 1290. The van der Waals surface area contributed by atoms with Crippen LogP contribution in [0.2, 0.25) is 0 Å². The highest BCUT2D eigenvalue weighted by Gasteiger charge is 2.58. The second-order valence-corrected chi connectivity index (χ2v) is 9.42. The molecule has 1 aliphatic carbocycles. The summed E-state index contributed by atoms with van der Waals surface area (Å²) in [5, 5.41) is 2.62. The average molecular weight is 511 g/mol. The number of hydrogen-bond acceptors (Lipinski definition) is 4. The minimum absolute atomic E-state index is 0.139. The number of anilines is 1. The monoisotopic (exact) mass is 510 g/mol. The third-order valence-corrected chi connectivity index (χ3v) is 7.35. The SMILES string of the molecule is O=C(CN1C(=O)C2(COc3cc4c(cc32)CCO4)c2c(Br)cccc21)NC1=CCCC=C1F. The summed E-state index contributed by atoms with van der Waals surface area (Å²) in [4.78, 5) is 28.3. The van der Waals surface area contributed by atoms with E-state index in [0.717, 1.165) is 33.3 Å². The quantitative estimate of drug-likeness (QED) is 0.676. The number of hydrogen-bond donors (Lipinski definition) is 1. The first-order valence-corrected chi connectivity index (χ1v) is 11.7. The molecule has 4 aliphatic rings. The minimum atomic E-state index is -1.06. The van der Waals surface area contributed by atoms with Crippen molar-refractivity contribution in [2.45, 2.75) is 24.7 Å². The smallest absolute Gasteiger partial charge is 0.246 e. The largest absolute Gasteiger partial charge is 0.493 e. The maximum absolute atomic E-state index is 14.1. The number of carbonyl (C=O) groups is 2. The van der Waals surface area contributed by atoms with E-state index < -0.39 is 17.1 Å².